The first-order valence-corrected chi connectivity index (χ1v) is 6.50. The highest BCUT2D eigenvalue weighted by molar-refractivity contribution is 6.32. The molecule has 0 unspecified atom stereocenters. The van der Waals surface area contributed by atoms with Crippen molar-refractivity contribution in [3.05, 3.63) is 28.8 Å². The molecule has 1 aromatic carbocycles. The molecular formula is C13H17ClN2O2. The highest BCUT2D eigenvalue weighted by atomic mass is 35.5. The smallest absolute Gasteiger partial charge is 0.325 e. The van der Waals surface area contributed by atoms with Crippen LogP contribution < -0.4 is 10.6 Å². The first-order valence-electron chi connectivity index (χ1n) is 6.12. The summed E-state index contributed by atoms with van der Waals surface area (Å²) in [6, 6.07) is 4.36. The maximum Gasteiger partial charge on any atom is 0.325 e. The van der Waals surface area contributed by atoms with Crippen LogP contribution >= 0.6 is 11.6 Å². The van der Waals surface area contributed by atoms with Crippen molar-refractivity contribution in [2.75, 3.05) is 18.0 Å². The highest BCUT2D eigenvalue weighted by Crippen LogP contribution is 2.28. The molecule has 4 nitrogen and oxygen atoms in total. The van der Waals surface area contributed by atoms with Crippen LogP contribution in [0.15, 0.2) is 18.2 Å². The lowest BCUT2D eigenvalue weighted by Gasteiger charge is -2.29. The van der Waals surface area contributed by atoms with Crippen LogP contribution in [0.3, 0.4) is 0 Å². The molecule has 2 rings (SSSR count). The van der Waals surface area contributed by atoms with E-state index in [2.05, 4.69) is 4.90 Å². The fraction of sp³-hybridized carbons (Fsp3) is 0.462. The Labute approximate surface area is 111 Å². The van der Waals surface area contributed by atoms with E-state index in [1.807, 2.05) is 12.1 Å². The van der Waals surface area contributed by atoms with E-state index in [1.165, 1.54) is 19.3 Å². The largest absolute Gasteiger partial charge is 0.480 e. The van der Waals surface area contributed by atoms with Crippen molar-refractivity contribution in [1.29, 1.82) is 0 Å². The second-order valence-corrected chi connectivity index (χ2v) is 4.98. The molecule has 1 saturated heterocycles. The van der Waals surface area contributed by atoms with Gasteiger partial charge in [-0.3, -0.25) is 4.79 Å². The third-order valence-corrected chi connectivity index (χ3v) is 3.63. The minimum absolute atomic E-state index is 0.424. The van der Waals surface area contributed by atoms with Crippen molar-refractivity contribution in [1.82, 2.24) is 0 Å². The lowest BCUT2D eigenvalue weighted by molar-refractivity contribution is -0.138. The number of carbonyl (C=O) groups is 1. The SMILES string of the molecule is N[C@H](C(=O)O)c1ccc(N2CCCCC2)cc1Cl. The van der Waals surface area contributed by atoms with Crippen molar-refractivity contribution >= 4 is 23.3 Å². The van der Waals surface area contributed by atoms with Crippen molar-refractivity contribution in [2.45, 2.75) is 25.3 Å². The number of aliphatic carboxylic acids is 1. The van der Waals surface area contributed by atoms with E-state index in [9.17, 15) is 4.79 Å². The Morgan fingerprint density at radius 3 is 2.56 bits per heavy atom. The molecule has 0 spiro atoms. The topological polar surface area (TPSA) is 66.6 Å². The van der Waals surface area contributed by atoms with Gasteiger partial charge in [0.15, 0.2) is 0 Å². The molecule has 1 aliphatic rings. The summed E-state index contributed by atoms with van der Waals surface area (Å²) < 4.78 is 0. The molecule has 5 heteroatoms. The summed E-state index contributed by atoms with van der Waals surface area (Å²) >= 11 is 6.12. The van der Waals surface area contributed by atoms with E-state index < -0.39 is 12.0 Å². The molecule has 18 heavy (non-hydrogen) atoms. The van der Waals surface area contributed by atoms with Gasteiger partial charge in [-0.15, -0.1) is 0 Å². The predicted octanol–water partition coefficient (Wildman–Crippen LogP) is 2.41. The fourth-order valence-electron chi connectivity index (χ4n) is 2.25. The zero-order chi connectivity index (χ0) is 13.1. The van der Waals surface area contributed by atoms with Gasteiger partial charge in [-0.1, -0.05) is 17.7 Å². The monoisotopic (exact) mass is 268 g/mol. The van der Waals surface area contributed by atoms with Gasteiger partial charge < -0.3 is 15.7 Å². The predicted molar refractivity (Wildman–Crippen MR) is 72.1 cm³/mol. The van der Waals surface area contributed by atoms with Gasteiger partial charge in [-0.2, -0.15) is 0 Å². The molecule has 0 saturated carbocycles. The van der Waals surface area contributed by atoms with Crippen LogP contribution in [-0.4, -0.2) is 24.2 Å². The minimum atomic E-state index is -1.07. The molecule has 0 bridgehead atoms. The van der Waals surface area contributed by atoms with Crippen LogP contribution in [0, 0.1) is 0 Å². The van der Waals surface area contributed by atoms with Gasteiger partial charge >= 0.3 is 5.97 Å². The molecule has 0 aliphatic carbocycles. The van der Waals surface area contributed by atoms with Crippen molar-refractivity contribution in [3.63, 3.8) is 0 Å². The minimum Gasteiger partial charge on any atom is -0.480 e. The number of piperidine rings is 1. The van der Waals surface area contributed by atoms with Gasteiger partial charge in [-0.05, 0) is 37.0 Å². The first-order chi connectivity index (χ1) is 8.59. The summed E-state index contributed by atoms with van der Waals surface area (Å²) in [6.45, 7) is 2.06. The number of carboxylic acids is 1. The Morgan fingerprint density at radius 2 is 2.00 bits per heavy atom. The second kappa shape index (κ2) is 5.59. The lowest BCUT2D eigenvalue weighted by atomic mass is 10.1. The summed E-state index contributed by atoms with van der Waals surface area (Å²) in [6.07, 6.45) is 3.65. The number of nitrogens with zero attached hydrogens (tertiary/aromatic N) is 1. The van der Waals surface area contributed by atoms with E-state index in [4.69, 9.17) is 22.4 Å². The fourth-order valence-corrected chi connectivity index (χ4v) is 2.54. The third kappa shape index (κ3) is 2.76. The Kier molecular flexibility index (Phi) is 4.09. The van der Waals surface area contributed by atoms with Crippen LogP contribution in [0.1, 0.15) is 30.9 Å². The van der Waals surface area contributed by atoms with Crippen LogP contribution in [-0.2, 0) is 4.79 Å². The maximum absolute atomic E-state index is 10.8. The van der Waals surface area contributed by atoms with Gasteiger partial charge in [0.05, 0.1) is 0 Å². The molecule has 1 aliphatic heterocycles. The quantitative estimate of drug-likeness (QED) is 0.884. The Hall–Kier alpha value is -1.26. The lowest BCUT2D eigenvalue weighted by Crippen LogP contribution is -2.29. The van der Waals surface area contributed by atoms with E-state index in [0.29, 0.717) is 10.6 Å². The molecule has 1 atom stereocenters. The number of benzene rings is 1. The molecule has 1 heterocycles. The highest BCUT2D eigenvalue weighted by Gasteiger charge is 2.19. The van der Waals surface area contributed by atoms with E-state index in [-0.39, 0.29) is 0 Å². The summed E-state index contributed by atoms with van der Waals surface area (Å²) in [5.41, 5.74) is 7.08. The average molecular weight is 269 g/mol. The number of rotatable bonds is 3. The molecule has 1 fully saturated rings. The van der Waals surface area contributed by atoms with Crippen molar-refractivity contribution < 1.29 is 9.90 Å². The zero-order valence-electron chi connectivity index (χ0n) is 10.1. The normalized spacial score (nSPS) is 17.6. The van der Waals surface area contributed by atoms with Crippen LogP contribution in [0.2, 0.25) is 5.02 Å². The van der Waals surface area contributed by atoms with E-state index >= 15 is 0 Å². The molecule has 0 radical (unpaired) electrons. The van der Waals surface area contributed by atoms with Gasteiger partial charge in [0.25, 0.3) is 0 Å². The van der Waals surface area contributed by atoms with Gasteiger partial charge in [0.2, 0.25) is 0 Å². The van der Waals surface area contributed by atoms with E-state index in [0.717, 1.165) is 18.8 Å². The van der Waals surface area contributed by atoms with E-state index in [1.54, 1.807) is 6.07 Å². The third-order valence-electron chi connectivity index (χ3n) is 3.31. The van der Waals surface area contributed by atoms with Gasteiger partial charge in [0.1, 0.15) is 6.04 Å². The van der Waals surface area contributed by atoms with Crippen LogP contribution in [0.25, 0.3) is 0 Å². The number of hydrogen-bond donors (Lipinski definition) is 2. The molecule has 0 aromatic heterocycles. The molecule has 1 aromatic rings. The summed E-state index contributed by atoms with van der Waals surface area (Å²) in [4.78, 5) is 13.1. The number of anilines is 1. The van der Waals surface area contributed by atoms with Crippen LogP contribution in [0.4, 0.5) is 5.69 Å². The van der Waals surface area contributed by atoms with Crippen molar-refractivity contribution in [2.24, 2.45) is 5.73 Å². The number of hydrogen-bond acceptors (Lipinski definition) is 3. The molecule has 0 amide bonds. The second-order valence-electron chi connectivity index (χ2n) is 4.57. The van der Waals surface area contributed by atoms with Crippen LogP contribution in [0.5, 0.6) is 0 Å². The Bertz CT molecular complexity index is 445. The summed E-state index contributed by atoms with van der Waals surface area (Å²) in [5, 5.41) is 9.31. The van der Waals surface area contributed by atoms with Crippen molar-refractivity contribution in [3.8, 4) is 0 Å². The Morgan fingerprint density at radius 1 is 1.33 bits per heavy atom. The van der Waals surface area contributed by atoms with Gasteiger partial charge in [-0.25, -0.2) is 0 Å². The number of nitrogens with two attached hydrogens (primary N) is 1. The molecule has 3 N–H and O–H groups in total. The molecule has 98 valence electrons. The van der Waals surface area contributed by atoms with Gasteiger partial charge in [0, 0.05) is 23.8 Å². The Balaban J connectivity index is 2.21. The standard InChI is InChI=1S/C13H17ClN2O2/c14-11-8-9(16-6-2-1-3-7-16)4-5-10(11)12(15)13(17)18/h4-5,8,12H,1-3,6-7,15H2,(H,17,18)/t12-/m0/s1. The zero-order valence-corrected chi connectivity index (χ0v) is 10.9. The summed E-state index contributed by atoms with van der Waals surface area (Å²) in [5.74, 6) is -1.07. The number of halogens is 1. The average Bonchev–Trinajstić information content (AvgIpc) is 2.38. The summed E-state index contributed by atoms with van der Waals surface area (Å²) in [7, 11) is 0. The first kappa shape index (κ1) is 13.2. The maximum atomic E-state index is 10.8. The molecular weight excluding hydrogens is 252 g/mol. The number of carboxylic acid groups (broad SMARTS) is 1.